The van der Waals surface area contributed by atoms with Crippen LogP contribution in [0.1, 0.15) is 17.9 Å². The molecule has 2 rings (SSSR count). The zero-order chi connectivity index (χ0) is 16.8. The Morgan fingerprint density at radius 2 is 2.09 bits per heavy atom. The standard InChI is InChI=1S/C16H18N2O5/c1-22-15(20)8-13(16(21)23-2)18-12-5-3-4-10(6-12)11-7-14(19)17-9-11/h3-6,8,11,18H,7,9H2,1-2H3,(H,17,19)/b13-8+. The Labute approximate surface area is 133 Å². The third kappa shape index (κ3) is 4.32. The van der Waals surface area contributed by atoms with Crippen molar-refractivity contribution in [3.05, 3.63) is 41.6 Å². The van der Waals surface area contributed by atoms with Gasteiger partial charge in [-0.15, -0.1) is 0 Å². The fourth-order valence-corrected chi connectivity index (χ4v) is 2.30. The van der Waals surface area contributed by atoms with Gasteiger partial charge in [0.15, 0.2) is 0 Å². The molecule has 23 heavy (non-hydrogen) atoms. The lowest BCUT2D eigenvalue weighted by molar-refractivity contribution is -0.138. The minimum Gasteiger partial charge on any atom is -0.466 e. The second-order valence-electron chi connectivity index (χ2n) is 5.03. The highest BCUT2D eigenvalue weighted by Crippen LogP contribution is 2.25. The number of amides is 1. The summed E-state index contributed by atoms with van der Waals surface area (Å²) in [5.74, 6) is -1.23. The van der Waals surface area contributed by atoms with E-state index in [1.54, 1.807) is 6.07 Å². The van der Waals surface area contributed by atoms with Crippen molar-refractivity contribution in [3.63, 3.8) is 0 Å². The fraction of sp³-hybridized carbons (Fsp3) is 0.312. The van der Waals surface area contributed by atoms with Gasteiger partial charge in [0.25, 0.3) is 0 Å². The first-order valence-electron chi connectivity index (χ1n) is 7.05. The lowest BCUT2D eigenvalue weighted by Gasteiger charge is -2.12. The van der Waals surface area contributed by atoms with E-state index in [2.05, 4.69) is 20.1 Å². The highest BCUT2D eigenvalue weighted by atomic mass is 16.5. The first-order chi connectivity index (χ1) is 11.0. The predicted octanol–water partition coefficient (Wildman–Crippen LogP) is 0.932. The molecule has 1 unspecified atom stereocenters. The SMILES string of the molecule is COC(=O)/C=C(/Nc1cccc(C2CNC(=O)C2)c1)C(=O)OC. The molecule has 1 heterocycles. The van der Waals surface area contributed by atoms with Crippen molar-refractivity contribution in [1.29, 1.82) is 0 Å². The van der Waals surface area contributed by atoms with Crippen LogP contribution in [0.3, 0.4) is 0 Å². The van der Waals surface area contributed by atoms with E-state index in [-0.39, 0.29) is 17.5 Å². The van der Waals surface area contributed by atoms with Gasteiger partial charge in [-0.25, -0.2) is 9.59 Å². The molecular formula is C16H18N2O5. The van der Waals surface area contributed by atoms with Crippen LogP contribution in [0.25, 0.3) is 0 Å². The lowest BCUT2D eigenvalue weighted by atomic mass is 9.98. The molecule has 0 radical (unpaired) electrons. The number of methoxy groups -OCH3 is 2. The number of ether oxygens (including phenoxy) is 2. The number of anilines is 1. The van der Waals surface area contributed by atoms with Crippen molar-refractivity contribution in [2.75, 3.05) is 26.1 Å². The molecule has 1 aromatic rings. The zero-order valence-electron chi connectivity index (χ0n) is 12.9. The average Bonchev–Trinajstić information content (AvgIpc) is 3.00. The minimum absolute atomic E-state index is 0.0224. The summed E-state index contributed by atoms with van der Waals surface area (Å²) in [5.41, 5.74) is 1.55. The molecule has 1 aliphatic rings. The third-order valence-corrected chi connectivity index (χ3v) is 3.48. The van der Waals surface area contributed by atoms with Crippen molar-refractivity contribution in [2.24, 2.45) is 0 Å². The highest BCUT2D eigenvalue weighted by molar-refractivity contribution is 5.98. The van der Waals surface area contributed by atoms with Crippen LogP contribution in [-0.4, -0.2) is 38.6 Å². The minimum atomic E-state index is -0.682. The normalized spacial score (nSPS) is 17.4. The molecule has 0 bridgehead atoms. The summed E-state index contributed by atoms with van der Waals surface area (Å²) in [4.78, 5) is 34.4. The second-order valence-corrected chi connectivity index (χ2v) is 5.03. The molecule has 7 heteroatoms. The Morgan fingerprint density at radius 3 is 2.70 bits per heavy atom. The summed E-state index contributed by atoms with van der Waals surface area (Å²) in [7, 11) is 2.44. The van der Waals surface area contributed by atoms with E-state index in [1.165, 1.54) is 14.2 Å². The maximum absolute atomic E-state index is 11.7. The second kappa shape index (κ2) is 7.44. The van der Waals surface area contributed by atoms with Gasteiger partial charge in [0.2, 0.25) is 5.91 Å². The van der Waals surface area contributed by atoms with Crippen molar-refractivity contribution in [1.82, 2.24) is 5.32 Å². The first-order valence-corrected chi connectivity index (χ1v) is 7.05. The van der Waals surface area contributed by atoms with Gasteiger partial charge in [-0.2, -0.15) is 0 Å². The van der Waals surface area contributed by atoms with Gasteiger partial charge < -0.3 is 20.1 Å². The van der Waals surface area contributed by atoms with Gasteiger partial charge in [0, 0.05) is 24.6 Å². The smallest absolute Gasteiger partial charge is 0.354 e. The van der Waals surface area contributed by atoms with E-state index in [1.807, 2.05) is 18.2 Å². The number of carbonyl (C=O) groups excluding carboxylic acids is 3. The maximum atomic E-state index is 11.7. The van der Waals surface area contributed by atoms with Gasteiger partial charge in [-0.3, -0.25) is 4.79 Å². The van der Waals surface area contributed by atoms with Crippen LogP contribution >= 0.6 is 0 Å². The van der Waals surface area contributed by atoms with Crippen LogP contribution in [0.15, 0.2) is 36.0 Å². The Kier molecular flexibility index (Phi) is 5.35. The number of hydrogen-bond acceptors (Lipinski definition) is 6. The van der Waals surface area contributed by atoms with Gasteiger partial charge >= 0.3 is 11.9 Å². The summed E-state index contributed by atoms with van der Waals surface area (Å²) in [6.45, 7) is 0.587. The monoisotopic (exact) mass is 318 g/mol. The van der Waals surface area contributed by atoms with Crippen molar-refractivity contribution >= 4 is 23.5 Å². The fourth-order valence-electron chi connectivity index (χ4n) is 2.30. The number of rotatable bonds is 5. The molecule has 1 aromatic carbocycles. The summed E-state index contributed by atoms with van der Waals surface area (Å²) < 4.78 is 9.16. The van der Waals surface area contributed by atoms with E-state index < -0.39 is 11.9 Å². The predicted molar refractivity (Wildman–Crippen MR) is 82.5 cm³/mol. The number of benzene rings is 1. The van der Waals surface area contributed by atoms with E-state index in [0.717, 1.165) is 11.6 Å². The average molecular weight is 318 g/mol. The molecule has 1 fully saturated rings. The van der Waals surface area contributed by atoms with E-state index in [4.69, 9.17) is 0 Å². The van der Waals surface area contributed by atoms with Crippen molar-refractivity contribution in [3.8, 4) is 0 Å². The van der Waals surface area contributed by atoms with Crippen LogP contribution in [0.4, 0.5) is 5.69 Å². The third-order valence-electron chi connectivity index (χ3n) is 3.48. The van der Waals surface area contributed by atoms with Crippen molar-refractivity contribution < 1.29 is 23.9 Å². The number of esters is 2. The van der Waals surface area contributed by atoms with Crippen LogP contribution in [0.2, 0.25) is 0 Å². The lowest BCUT2D eigenvalue weighted by Crippen LogP contribution is -2.16. The Hall–Kier alpha value is -2.83. The quantitative estimate of drug-likeness (QED) is 0.620. The van der Waals surface area contributed by atoms with E-state index >= 15 is 0 Å². The molecule has 1 aliphatic heterocycles. The number of hydrogen-bond donors (Lipinski definition) is 2. The molecule has 1 saturated heterocycles. The topological polar surface area (TPSA) is 93.7 Å². The molecular weight excluding hydrogens is 300 g/mol. The molecule has 1 amide bonds. The molecule has 0 saturated carbocycles. The molecule has 0 aromatic heterocycles. The largest absolute Gasteiger partial charge is 0.466 e. The summed E-state index contributed by atoms with van der Waals surface area (Å²) in [6.07, 6.45) is 1.46. The summed E-state index contributed by atoms with van der Waals surface area (Å²) in [6, 6.07) is 7.31. The number of nitrogens with one attached hydrogen (secondary N) is 2. The Bertz CT molecular complexity index is 654. The van der Waals surface area contributed by atoms with Crippen LogP contribution in [0, 0.1) is 0 Å². The molecule has 0 aliphatic carbocycles. The van der Waals surface area contributed by atoms with Gasteiger partial charge in [0.05, 0.1) is 20.3 Å². The summed E-state index contributed by atoms with van der Waals surface area (Å²) >= 11 is 0. The highest BCUT2D eigenvalue weighted by Gasteiger charge is 2.23. The molecule has 1 atom stereocenters. The molecule has 2 N–H and O–H groups in total. The molecule has 0 spiro atoms. The van der Waals surface area contributed by atoms with Crippen LogP contribution in [0.5, 0.6) is 0 Å². The number of carbonyl (C=O) groups is 3. The first kappa shape index (κ1) is 16.5. The zero-order valence-corrected chi connectivity index (χ0v) is 12.9. The van der Waals surface area contributed by atoms with Gasteiger partial charge in [-0.1, -0.05) is 12.1 Å². The summed E-state index contributed by atoms with van der Waals surface area (Å²) in [5, 5.41) is 5.63. The maximum Gasteiger partial charge on any atom is 0.354 e. The Morgan fingerprint density at radius 1 is 1.30 bits per heavy atom. The van der Waals surface area contributed by atoms with Crippen molar-refractivity contribution in [2.45, 2.75) is 12.3 Å². The van der Waals surface area contributed by atoms with Crippen LogP contribution in [-0.2, 0) is 23.9 Å². The van der Waals surface area contributed by atoms with Gasteiger partial charge in [-0.05, 0) is 17.7 Å². The molecule has 7 nitrogen and oxygen atoms in total. The van der Waals surface area contributed by atoms with E-state index in [0.29, 0.717) is 18.7 Å². The van der Waals surface area contributed by atoms with Crippen LogP contribution < -0.4 is 10.6 Å². The van der Waals surface area contributed by atoms with Gasteiger partial charge in [0.1, 0.15) is 5.70 Å². The van der Waals surface area contributed by atoms with E-state index in [9.17, 15) is 14.4 Å². The molecule has 122 valence electrons. The Balaban J connectivity index is 2.20.